The highest BCUT2D eigenvalue weighted by atomic mass is 35.5. The van der Waals surface area contributed by atoms with Gasteiger partial charge in [-0.2, -0.15) is 0 Å². The number of benzene rings is 1. The van der Waals surface area contributed by atoms with Crippen LogP contribution in [0, 0.1) is 0 Å². The minimum atomic E-state index is 0.292. The van der Waals surface area contributed by atoms with Gasteiger partial charge in [0.15, 0.2) is 5.78 Å². The molecule has 3 rings (SSSR count). The molecule has 104 valence electrons. The van der Waals surface area contributed by atoms with Crippen LogP contribution >= 0.6 is 11.6 Å². The molecule has 1 aliphatic rings. The third kappa shape index (κ3) is 2.40. The summed E-state index contributed by atoms with van der Waals surface area (Å²) in [6.45, 7) is 2.89. The first-order chi connectivity index (χ1) is 9.69. The van der Waals surface area contributed by atoms with Crippen molar-refractivity contribution in [3.63, 3.8) is 0 Å². The van der Waals surface area contributed by atoms with Gasteiger partial charge in [-0.05, 0) is 48.6 Å². The van der Waals surface area contributed by atoms with Crippen LogP contribution in [0.5, 0.6) is 0 Å². The highest BCUT2D eigenvalue weighted by molar-refractivity contribution is 6.30. The Morgan fingerprint density at radius 3 is 2.65 bits per heavy atom. The molecule has 1 heterocycles. The molecule has 1 aromatic carbocycles. The van der Waals surface area contributed by atoms with Crippen LogP contribution in [-0.2, 0) is 19.4 Å². The van der Waals surface area contributed by atoms with Crippen LogP contribution in [0.2, 0.25) is 5.02 Å². The van der Waals surface area contributed by atoms with Gasteiger partial charge in [0, 0.05) is 23.7 Å². The molecule has 0 spiro atoms. The summed E-state index contributed by atoms with van der Waals surface area (Å²) in [6.07, 6.45) is 3.65. The zero-order valence-corrected chi connectivity index (χ0v) is 12.4. The van der Waals surface area contributed by atoms with E-state index in [1.165, 1.54) is 16.8 Å². The number of nitrogens with zero attached hydrogens (tertiary/aromatic N) is 1. The molecule has 0 N–H and O–H groups in total. The van der Waals surface area contributed by atoms with E-state index in [-0.39, 0.29) is 0 Å². The number of aryl methyl sites for hydroxylation is 2. The quantitative estimate of drug-likeness (QED) is 0.826. The SMILES string of the molecule is CCc1cc2c(n1Cc1ccc(Cl)cc1)C(=O)CCC2. The zero-order valence-electron chi connectivity index (χ0n) is 11.7. The number of aromatic nitrogens is 1. The van der Waals surface area contributed by atoms with E-state index in [0.29, 0.717) is 12.2 Å². The predicted molar refractivity (Wildman–Crippen MR) is 81.6 cm³/mol. The van der Waals surface area contributed by atoms with Crippen molar-refractivity contribution in [1.82, 2.24) is 4.57 Å². The third-order valence-electron chi connectivity index (χ3n) is 3.99. The van der Waals surface area contributed by atoms with Crippen molar-refractivity contribution in [2.45, 2.75) is 39.2 Å². The van der Waals surface area contributed by atoms with Gasteiger partial charge in [-0.25, -0.2) is 0 Å². The van der Waals surface area contributed by atoms with E-state index >= 15 is 0 Å². The Morgan fingerprint density at radius 1 is 1.20 bits per heavy atom. The van der Waals surface area contributed by atoms with E-state index in [2.05, 4.69) is 17.6 Å². The van der Waals surface area contributed by atoms with E-state index in [1.807, 2.05) is 24.3 Å². The summed E-state index contributed by atoms with van der Waals surface area (Å²) in [5.41, 5.74) is 4.59. The minimum Gasteiger partial charge on any atom is -0.338 e. The molecule has 1 aromatic heterocycles. The van der Waals surface area contributed by atoms with E-state index in [1.54, 1.807) is 0 Å². The maximum Gasteiger partial charge on any atom is 0.179 e. The molecule has 0 amide bonds. The van der Waals surface area contributed by atoms with E-state index in [9.17, 15) is 4.79 Å². The van der Waals surface area contributed by atoms with Gasteiger partial charge < -0.3 is 4.57 Å². The van der Waals surface area contributed by atoms with Gasteiger partial charge in [0.1, 0.15) is 0 Å². The average molecular weight is 288 g/mol. The van der Waals surface area contributed by atoms with Gasteiger partial charge in [0.2, 0.25) is 0 Å². The number of halogens is 1. The number of hydrogen-bond donors (Lipinski definition) is 0. The highest BCUT2D eigenvalue weighted by Gasteiger charge is 2.23. The van der Waals surface area contributed by atoms with Gasteiger partial charge in [0.05, 0.1) is 5.69 Å². The number of ketones is 1. The molecule has 20 heavy (non-hydrogen) atoms. The molecule has 1 aliphatic carbocycles. The molecule has 0 atom stereocenters. The van der Waals surface area contributed by atoms with Crippen LogP contribution in [0.4, 0.5) is 0 Å². The van der Waals surface area contributed by atoms with Crippen LogP contribution in [0.1, 0.15) is 47.1 Å². The smallest absolute Gasteiger partial charge is 0.179 e. The molecule has 3 heteroatoms. The van der Waals surface area contributed by atoms with E-state index < -0.39 is 0 Å². The Labute approximate surface area is 124 Å². The third-order valence-corrected chi connectivity index (χ3v) is 4.24. The molecule has 2 aromatic rings. The van der Waals surface area contributed by atoms with Crippen molar-refractivity contribution < 1.29 is 4.79 Å². The second kappa shape index (κ2) is 5.45. The summed E-state index contributed by atoms with van der Waals surface area (Å²) >= 11 is 5.93. The number of hydrogen-bond acceptors (Lipinski definition) is 1. The molecule has 0 saturated heterocycles. The topological polar surface area (TPSA) is 22.0 Å². The zero-order chi connectivity index (χ0) is 14.1. The molecule has 2 nitrogen and oxygen atoms in total. The Hall–Kier alpha value is -1.54. The first kappa shape index (κ1) is 13.4. The number of rotatable bonds is 3. The van der Waals surface area contributed by atoms with Crippen LogP contribution in [-0.4, -0.2) is 10.4 Å². The number of carbonyl (C=O) groups excluding carboxylic acids is 1. The van der Waals surface area contributed by atoms with Gasteiger partial charge in [-0.15, -0.1) is 0 Å². The number of Topliss-reactive ketones (excluding diaryl/α,β-unsaturated/α-hetero) is 1. The molecule has 0 saturated carbocycles. The fourth-order valence-corrected chi connectivity index (χ4v) is 3.11. The van der Waals surface area contributed by atoms with Crippen LogP contribution in [0.15, 0.2) is 30.3 Å². The van der Waals surface area contributed by atoms with E-state index in [4.69, 9.17) is 11.6 Å². The van der Waals surface area contributed by atoms with Gasteiger partial charge in [-0.3, -0.25) is 4.79 Å². The lowest BCUT2D eigenvalue weighted by molar-refractivity contribution is 0.0963. The van der Waals surface area contributed by atoms with Crippen molar-refractivity contribution in [3.05, 3.63) is 57.9 Å². The number of carbonyl (C=O) groups is 1. The van der Waals surface area contributed by atoms with Gasteiger partial charge >= 0.3 is 0 Å². The van der Waals surface area contributed by atoms with E-state index in [0.717, 1.165) is 36.5 Å². The van der Waals surface area contributed by atoms with Crippen LogP contribution in [0.3, 0.4) is 0 Å². The Morgan fingerprint density at radius 2 is 1.95 bits per heavy atom. The molecular formula is C17H18ClNO. The Bertz CT molecular complexity index is 640. The van der Waals surface area contributed by atoms with Gasteiger partial charge in [-0.1, -0.05) is 30.7 Å². The largest absolute Gasteiger partial charge is 0.338 e. The maximum atomic E-state index is 12.2. The summed E-state index contributed by atoms with van der Waals surface area (Å²) in [4.78, 5) is 12.2. The van der Waals surface area contributed by atoms with Crippen molar-refractivity contribution >= 4 is 17.4 Å². The van der Waals surface area contributed by atoms with Crippen molar-refractivity contribution in [1.29, 1.82) is 0 Å². The van der Waals surface area contributed by atoms with Crippen LogP contribution in [0.25, 0.3) is 0 Å². The maximum absolute atomic E-state index is 12.2. The average Bonchev–Trinajstić information content (AvgIpc) is 2.81. The summed E-state index contributed by atoms with van der Waals surface area (Å²) in [5.74, 6) is 0.292. The summed E-state index contributed by atoms with van der Waals surface area (Å²) in [5, 5.41) is 0.745. The minimum absolute atomic E-state index is 0.292. The first-order valence-electron chi connectivity index (χ1n) is 7.18. The highest BCUT2D eigenvalue weighted by Crippen LogP contribution is 2.26. The normalized spacial score (nSPS) is 14.4. The molecule has 0 fully saturated rings. The second-order valence-electron chi connectivity index (χ2n) is 5.35. The van der Waals surface area contributed by atoms with Gasteiger partial charge in [0.25, 0.3) is 0 Å². The standard InChI is InChI=1S/C17H18ClNO/c1-2-15-10-13-4-3-5-16(20)17(13)19(15)11-12-6-8-14(18)9-7-12/h6-10H,2-5,11H2,1H3. The summed E-state index contributed by atoms with van der Waals surface area (Å²) in [7, 11) is 0. The van der Waals surface area contributed by atoms with Crippen molar-refractivity contribution in [3.8, 4) is 0 Å². The Kier molecular flexibility index (Phi) is 3.66. The fraction of sp³-hybridized carbons (Fsp3) is 0.353. The van der Waals surface area contributed by atoms with Crippen molar-refractivity contribution in [2.24, 2.45) is 0 Å². The number of fused-ring (bicyclic) bond motifs is 1. The lowest BCUT2D eigenvalue weighted by atomic mass is 9.97. The Balaban J connectivity index is 2.01. The predicted octanol–water partition coefficient (Wildman–Crippen LogP) is 4.27. The molecule has 0 bridgehead atoms. The van der Waals surface area contributed by atoms with Crippen LogP contribution < -0.4 is 0 Å². The second-order valence-corrected chi connectivity index (χ2v) is 5.79. The summed E-state index contributed by atoms with van der Waals surface area (Å²) in [6, 6.07) is 10.1. The summed E-state index contributed by atoms with van der Waals surface area (Å²) < 4.78 is 2.19. The molecular weight excluding hydrogens is 270 g/mol. The first-order valence-corrected chi connectivity index (χ1v) is 7.55. The molecule has 0 unspecified atom stereocenters. The monoisotopic (exact) mass is 287 g/mol. The van der Waals surface area contributed by atoms with Crippen molar-refractivity contribution in [2.75, 3.05) is 0 Å². The molecule has 0 aliphatic heterocycles. The lowest BCUT2D eigenvalue weighted by Gasteiger charge is -2.16. The fourth-order valence-electron chi connectivity index (χ4n) is 2.99. The molecule has 0 radical (unpaired) electrons. The lowest BCUT2D eigenvalue weighted by Crippen LogP contribution is -2.17.